The van der Waals surface area contributed by atoms with Crippen LogP contribution in [0.15, 0.2) is 53.7 Å². The van der Waals surface area contributed by atoms with Gasteiger partial charge in [0.05, 0.1) is 23.8 Å². The van der Waals surface area contributed by atoms with E-state index in [4.69, 9.17) is 9.47 Å². The average molecular weight is 417 g/mol. The van der Waals surface area contributed by atoms with E-state index < -0.39 is 10.0 Å². The fraction of sp³-hybridized carbons (Fsp3) is 0.316. The third-order valence-electron chi connectivity index (χ3n) is 4.06. The summed E-state index contributed by atoms with van der Waals surface area (Å²) in [6.45, 7) is 5.13. The fourth-order valence-electron chi connectivity index (χ4n) is 2.74. The van der Waals surface area contributed by atoms with Crippen LogP contribution in [0.2, 0.25) is 0 Å². The highest BCUT2D eigenvalue weighted by Gasteiger charge is 2.15. The van der Waals surface area contributed by atoms with E-state index in [1.807, 2.05) is 32.0 Å². The molecule has 154 valence electrons. The summed E-state index contributed by atoms with van der Waals surface area (Å²) >= 11 is 0. The molecule has 0 aliphatic carbocycles. The van der Waals surface area contributed by atoms with E-state index in [0.717, 1.165) is 5.56 Å². The Morgan fingerprint density at radius 1 is 1.03 bits per heavy atom. The van der Waals surface area contributed by atoms with Gasteiger partial charge in [-0.25, -0.2) is 17.8 Å². The zero-order valence-corrected chi connectivity index (χ0v) is 17.1. The summed E-state index contributed by atoms with van der Waals surface area (Å²) in [6, 6.07) is 12.0. The van der Waals surface area contributed by atoms with Crippen LogP contribution in [0.4, 0.5) is 0 Å². The van der Waals surface area contributed by atoms with Gasteiger partial charge in [0.2, 0.25) is 10.0 Å². The maximum absolute atomic E-state index is 12.6. The molecule has 0 atom stereocenters. The molecule has 1 N–H and O–H groups in total. The summed E-state index contributed by atoms with van der Waals surface area (Å²) < 4.78 is 40.5. The molecule has 1 heterocycles. The van der Waals surface area contributed by atoms with Crippen molar-refractivity contribution in [2.24, 2.45) is 0 Å². The molecule has 0 fully saturated rings. The smallest absolute Gasteiger partial charge is 0.240 e. The molecule has 3 rings (SSSR count). The zero-order valence-electron chi connectivity index (χ0n) is 16.3. The number of sulfonamides is 1. The second kappa shape index (κ2) is 9.48. The molecule has 10 heteroatoms. The third kappa shape index (κ3) is 5.30. The van der Waals surface area contributed by atoms with Crippen LogP contribution < -0.4 is 14.2 Å². The second-order valence-corrected chi connectivity index (χ2v) is 7.81. The number of aromatic nitrogens is 4. The molecule has 0 radical (unpaired) electrons. The number of hydrogen-bond donors (Lipinski definition) is 1. The number of nitrogens with zero attached hydrogens (tertiary/aromatic N) is 4. The summed E-state index contributed by atoms with van der Waals surface area (Å²) in [7, 11) is -3.67. The topological polar surface area (TPSA) is 108 Å². The summed E-state index contributed by atoms with van der Waals surface area (Å²) in [5, 5.41) is 10.9. The predicted molar refractivity (Wildman–Crippen MR) is 107 cm³/mol. The Labute approximate surface area is 169 Å². The van der Waals surface area contributed by atoms with Gasteiger partial charge < -0.3 is 9.47 Å². The predicted octanol–water partition coefficient (Wildman–Crippen LogP) is 1.98. The Morgan fingerprint density at radius 2 is 1.83 bits per heavy atom. The molecule has 29 heavy (non-hydrogen) atoms. The van der Waals surface area contributed by atoms with Crippen molar-refractivity contribution in [2.75, 3.05) is 19.8 Å². The fourth-order valence-corrected chi connectivity index (χ4v) is 3.81. The van der Waals surface area contributed by atoms with Crippen molar-refractivity contribution in [3.63, 3.8) is 0 Å². The zero-order chi connectivity index (χ0) is 20.7. The highest BCUT2D eigenvalue weighted by atomic mass is 32.2. The highest BCUT2D eigenvalue weighted by molar-refractivity contribution is 7.89. The van der Waals surface area contributed by atoms with Crippen LogP contribution in [0, 0.1) is 0 Å². The Hall–Kier alpha value is -2.98. The lowest BCUT2D eigenvalue weighted by molar-refractivity contribution is 0.287. The monoisotopic (exact) mass is 417 g/mol. The molecule has 0 aliphatic heterocycles. The maximum Gasteiger partial charge on any atom is 0.240 e. The van der Waals surface area contributed by atoms with E-state index in [0.29, 0.717) is 36.8 Å². The number of tetrazole rings is 1. The molecular formula is C19H23N5O4S. The van der Waals surface area contributed by atoms with Crippen LogP contribution in [-0.2, 0) is 16.4 Å². The number of rotatable bonds is 10. The van der Waals surface area contributed by atoms with Crippen molar-refractivity contribution in [2.45, 2.75) is 25.2 Å². The number of ether oxygens (including phenoxy) is 2. The Morgan fingerprint density at radius 3 is 2.55 bits per heavy atom. The van der Waals surface area contributed by atoms with Gasteiger partial charge in [0.25, 0.3) is 0 Å². The van der Waals surface area contributed by atoms with Gasteiger partial charge in [-0.05, 0) is 66.6 Å². The van der Waals surface area contributed by atoms with Gasteiger partial charge in [0, 0.05) is 6.54 Å². The summed E-state index contributed by atoms with van der Waals surface area (Å²) in [5.74, 6) is 1.34. The minimum atomic E-state index is -3.67. The van der Waals surface area contributed by atoms with Crippen molar-refractivity contribution in [1.82, 2.24) is 24.9 Å². The Kier molecular flexibility index (Phi) is 6.78. The first-order valence-electron chi connectivity index (χ1n) is 9.25. The molecule has 0 unspecified atom stereocenters. The summed E-state index contributed by atoms with van der Waals surface area (Å²) in [5.41, 5.74) is 1.51. The normalized spacial score (nSPS) is 11.4. The van der Waals surface area contributed by atoms with Gasteiger partial charge in [0.1, 0.15) is 6.33 Å². The molecule has 0 amide bonds. The van der Waals surface area contributed by atoms with E-state index in [-0.39, 0.29) is 11.4 Å². The lowest BCUT2D eigenvalue weighted by Crippen LogP contribution is -2.26. The van der Waals surface area contributed by atoms with E-state index in [9.17, 15) is 8.42 Å². The van der Waals surface area contributed by atoms with Crippen LogP contribution in [0.1, 0.15) is 19.4 Å². The molecule has 3 aromatic rings. The van der Waals surface area contributed by atoms with Gasteiger partial charge in [-0.2, -0.15) is 0 Å². The van der Waals surface area contributed by atoms with Crippen LogP contribution in [0.3, 0.4) is 0 Å². The van der Waals surface area contributed by atoms with Gasteiger partial charge in [-0.1, -0.05) is 12.1 Å². The molecule has 0 aliphatic rings. The molecule has 2 aromatic carbocycles. The number of benzene rings is 2. The molecule has 0 saturated heterocycles. The molecule has 0 spiro atoms. The Balaban J connectivity index is 1.67. The van der Waals surface area contributed by atoms with Crippen LogP contribution in [0.25, 0.3) is 5.69 Å². The molecule has 9 nitrogen and oxygen atoms in total. The van der Waals surface area contributed by atoms with Crippen molar-refractivity contribution in [3.05, 3.63) is 54.4 Å². The van der Waals surface area contributed by atoms with Gasteiger partial charge in [-0.15, -0.1) is 5.10 Å². The molecule has 0 saturated carbocycles. The second-order valence-electron chi connectivity index (χ2n) is 6.05. The molecule has 0 bridgehead atoms. The lowest BCUT2D eigenvalue weighted by Gasteiger charge is -2.13. The largest absolute Gasteiger partial charge is 0.490 e. The number of hydrogen-bond acceptors (Lipinski definition) is 7. The van der Waals surface area contributed by atoms with E-state index in [1.54, 1.807) is 12.1 Å². The van der Waals surface area contributed by atoms with Crippen molar-refractivity contribution in [3.8, 4) is 17.2 Å². The molecule has 1 aromatic heterocycles. The average Bonchev–Trinajstić information content (AvgIpc) is 3.25. The van der Waals surface area contributed by atoms with Crippen LogP contribution in [-0.4, -0.2) is 48.4 Å². The van der Waals surface area contributed by atoms with E-state index >= 15 is 0 Å². The summed E-state index contributed by atoms with van der Waals surface area (Å²) in [6.07, 6.45) is 1.92. The first kappa shape index (κ1) is 20.7. The minimum Gasteiger partial charge on any atom is -0.490 e. The van der Waals surface area contributed by atoms with Gasteiger partial charge in [0.15, 0.2) is 11.5 Å². The minimum absolute atomic E-state index is 0.146. The third-order valence-corrected chi connectivity index (χ3v) is 5.51. The van der Waals surface area contributed by atoms with Crippen LogP contribution in [0.5, 0.6) is 11.5 Å². The van der Waals surface area contributed by atoms with Gasteiger partial charge >= 0.3 is 0 Å². The standard InChI is InChI=1S/C19H23N5O4S/c1-3-27-18-9-8-15(12-19(18)28-4-2)10-11-21-29(25,26)17-7-5-6-16(13-17)24-14-20-22-23-24/h5-9,12-14,21H,3-4,10-11H2,1-2H3. The van der Waals surface area contributed by atoms with Crippen LogP contribution >= 0.6 is 0 Å². The maximum atomic E-state index is 12.6. The quantitative estimate of drug-likeness (QED) is 0.537. The first-order valence-corrected chi connectivity index (χ1v) is 10.7. The lowest BCUT2D eigenvalue weighted by atomic mass is 10.1. The Bertz CT molecular complexity index is 1040. The molecular weight excluding hydrogens is 394 g/mol. The first-order chi connectivity index (χ1) is 14.0. The SMILES string of the molecule is CCOc1ccc(CCNS(=O)(=O)c2cccc(-n3cnnn3)c2)cc1OCC. The van der Waals surface area contributed by atoms with Crippen molar-refractivity contribution in [1.29, 1.82) is 0 Å². The summed E-state index contributed by atoms with van der Waals surface area (Å²) in [4.78, 5) is 0.146. The van der Waals surface area contributed by atoms with Gasteiger partial charge in [-0.3, -0.25) is 0 Å². The number of nitrogens with one attached hydrogen (secondary N) is 1. The van der Waals surface area contributed by atoms with E-state index in [1.165, 1.54) is 23.1 Å². The van der Waals surface area contributed by atoms with E-state index in [2.05, 4.69) is 20.2 Å². The van der Waals surface area contributed by atoms with Crippen molar-refractivity contribution < 1.29 is 17.9 Å². The van der Waals surface area contributed by atoms with Crippen molar-refractivity contribution >= 4 is 10.0 Å². The highest BCUT2D eigenvalue weighted by Crippen LogP contribution is 2.28.